The van der Waals surface area contributed by atoms with E-state index < -0.39 is 28.1 Å². The Morgan fingerprint density at radius 1 is 1.20 bits per heavy atom. The van der Waals surface area contributed by atoms with E-state index in [4.69, 9.17) is 10.2 Å². The molecule has 0 radical (unpaired) electrons. The fraction of sp³-hybridized carbons (Fsp3) is 0.125. The predicted molar refractivity (Wildman–Crippen MR) is 49.9 cm³/mol. The van der Waals surface area contributed by atoms with Gasteiger partial charge >= 0.3 is 11.9 Å². The molecule has 0 amide bonds. The van der Waals surface area contributed by atoms with Crippen molar-refractivity contribution in [2.24, 2.45) is 5.92 Å². The van der Waals surface area contributed by atoms with Gasteiger partial charge in [0.05, 0.1) is 10.4 Å². The number of carboxylic acids is 2. The summed E-state index contributed by atoms with van der Waals surface area (Å²) < 4.78 is 21.2. The summed E-state index contributed by atoms with van der Waals surface area (Å²) >= 11 is 0. The van der Waals surface area contributed by atoms with E-state index in [1.54, 1.807) is 0 Å². The molecular weight excluding hydrogens is 224 g/mol. The van der Waals surface area contributed by atoms with Crippen LogP contribution in [0.1, 0.15) is 0 Å². The molecule has 1 rings (SSSR count). The Morgan fingerprint density at radius 2 is 1.80 bits per heavy atom. The number of aliphatic carboxylic acids is 2. The summed E-state index contributed by atoms with van der Waals surface area (Å²) in [5.74, 6) is -4.13. The normalized spacial score (nSPS) is 19.6. The highest BCUT2D eigenvalue weighted by atomic mass is 32.2. The third-order valence-corrected chi connectivity index (χ3v) is 2.56. The third kappa shape index (κ3) is 2.32. The number of allylic oxidation sites excluding steroid dienone is 1. The SMILES string of the molecule is O=C(O)C1=CC(C(=O)O)C(=S(=O)=O)C=C1. The second-order valence-corrected chi connectivity index (χ2v) is 3.65. The summed E-state index contributed by atoms with van der Waals surface area (Å²) in [4.78, 5) is 20.8. The van der Waals surface area contributed by atoms with E-state index >= 15 is 0 Å². The molecule has 0 aliphatic heterocycles. The van der Waals surface area contributed by atoms with Crippen molar-refractivity contribution in [3.05, 3.63) is 23.8 Å². The van der Waals surface area contributed by atoms with Crippen molar-refractivity contribution in [1.29, 1.82) is 0 Å². The Balaban J connectivity index is 3.29. The predicted octanol–water partition coefficient (Wildman–Crippen LogP) is -0.680. The maximum absolute atomic E-state index is 10.7. The Bertz CT molecular complexity index is 499. The molecule has 1 unspecified atom stereocenters. The number of carboxylic acid groups (broad SMARTS) is 2. The molecule has 15 heavy (non-hydrogen) atoms. The van der Waals surface area contributed by atoms with Crippen LogP contribution in [-0.2, 0) is 19.9 Å². The molecule has 0 spiro atoms. The quantitative estimate of drug-likeness (QED) is 0.608. The highest BCUT2D eigenvalue weighted by molar-refractivity contribution is 7.73. The summed E-state index contributed by atoms with van der Waals surface area (Å²) in [5, 5.41) is 17.3. The van der Waals surface area contributed by atoms with E-state index in [9.17, 15) is 18.0 Å². The standard InChI is InChI=1S/C8H6O6S/c9-7(10)4-1-2-6(15(13)14)5(3-4)8(11)12/h1-3,5H,(H,9,10)(H,11,12). The van der Waals surface area contributed by atoms with Crippen molar-refractivity contribution in [2.45, 2.75) is 0 Å². The molecule has 0 aromatic heterocycles. The van der Waals surface area contributed by atoms with Gasteiger partial charge in [-0.05, 0) is 12.2 Å². The molecule has 0 saturated heterocycles. The monoisotopic (exact) mass is 230 g/mol. The molecule has 0 heterocycles. The van der Waals surface area contributed by atoms with Crippen molar-refractivity contribution in [2.75, 3.05) is 0 Å². The van der Waals surface area contributed by atoms with Crippen LogP contribution in [0.15, 0.2) is 23.8 Å². The minimum atomic E-state index is -2.67. The maximum Gasteiger partial charge on any atom is 0.335 e. The third-order valence-electron chi connectivity index (χ3n) is 1.79. The lowest BCUT2D eigenvalue weighted by Crippen LogP contribution is -2.24. The van der Waals surface area contributed by atoms with Gasteiger partial charge in [-0.15, -0.1) is 0 Å². The lowest BCUT2D eigenvalue weighted by molar-refractivity contribution is -0.137. The Labute approximate surface area is 85.7 Å². The topological polar surface area (TPSA) is 109 Å². The smallest absolute Gasteiger partial charge is 0.335 e. The molecule has 0 aromatic carbocycles. The van der Waals surface area contributed by atoms with Gasteiger partial charge < -0.3 is 10.2 Å². The Hall–Kier alpha value is -1.89. The van der Waals surface area contributed by atoms with E-state index in [2.05, 4.69) is 0 Å². The van der Waals surface area contributed by atoms with Crippen LogP contribution in [0.3, 0.4) is 0 Å². The van der Waals surface area contributed by atoms with Crippen LogP contribution in [-0.4, -0.2) is 35.4 Å². The van der Waals surface area contributed by atoms with Gasteiger partial charge in [-0.2, -0.15) is 8.42 Å². The summed E-state index contributed by atoms with van der Waals surface area (Å²) in [5.41, 5.74) is -0.239. The van der Waals surface area contributed by atoms with Crippen molar-refractivity contribution in [1.82, 2.24) is 0 Å². The van der Waals surface area contributed by atoms with Gasteiger partial charge in [0.15, 0.2) is 0 Å². The lowest BCUT2D eigenvalue weighted by atomic mass is 9.96. The molecule has 1 aliphatic rings. The van der Waals surface area contributed by atoms with Crippen LogP contribution in [0.2, 0.25) is 0 Å². The van der Waals surface area contributed by atoms with Crippen molar-refractivity contribution >= 4 is 27.1 Å². The largest absolute Gasteiger partial charge is 0.481 e. The van der Waals surface area contributed by atoms with E-state index in [1.807, 2.05) is 0 Å². The first-order valence-corrected chi connectivity index (χ1v) is 4.83. The van der Waals surface area contributed by atoms with Crippen LogP contribution >= 0.6 is 0 Å². The van der Waals surface area contributed by atoms with Crippen LogP contribution in [0, 0.1) is 5.92 Å². The minimum absolute atomic E-state index is 0.239. The number of hydrogen-bond donors (Lipinski definition) is 2. The Kier molecular flexibility index (Phi) is 3.05. The van der Waals surface area contributed by atoms with E-state index in [-0.39, 0.29) is 10.4 Å². The average molecular weight is 230 g/mol. The molecular formula is C8H6O6S. The molecule has 80 valence electrons. The van der Waals surface area contributed by atoms with E-state index in [1.165, 1.54) is 0 Å². The highest BCUT2D eigenvalue weighted by Crippen LogP contribution is 2.14. The number of rotatable bonds is 2. The molecule has 0 fully saturated rings. The number of hydrogen-bond acceptors (Lipinski definition) is 4. The molecule has 7 heteroatoms. The van der Waals surface area contributed by atoms with Gasteiger partial charge in [0.1, 0.15) is 5.92 Å². The second-order valence-electron chi connectivity index (χ2n) is 2.71. The Morgan fingerprint density at radius 3 is 2.20 bits per heavy atom. The van der Waals surface area contributed by atoms with Gasteiger partial charge in [-0.3, -0.25) is 4.79 Å². The minimum Gasteiger partial charge on any atom is -0.481 e. The first-order chi connectivity index (χ1) is 6.93. The van der Waals surface area contributed by atoms with Gasteiger partial charge in [0, 0.05) is 0 Å². The zero-order valence-corrected chi connectivity index (χ0v) is 8.06. The molecule has 0 saturated carbocycles. The average Bonchev–Trinajstić information content (AvgIpc) is 2.16. The van der Waals surface area contributed by atoms with Crippen LogP contribution in [0.4, 0.5) is 0 Å². The van der Waals surface area contributed by atoms with Crippen molar-refractivity contribution in [3.63, 3.8) is 0 Å². The van der Waals surface area contributed by atoms with Gasteiger partial charge in [0.2, 0.25) is 10.3 Å². The fourth-order valence-electron chi connectivity index (χ4n) is 1.09. The molecule has 1 atom stereocenters. The molecule has 1 aliphatic carbocycles. The van der Waals surface area contributed by atoms with Crippen LogP contribution in [0.25, 0.3) is 0 Å². The zero-order valence-electron chi connectivity index (χ0n) is 7.25. The van der Waals surface area contributed by atoms with Gasteiger partial charge in [-0.1, -0.05) is 6.08 Å². The molecule has 0 bridgehead atoms. The number of carbonyl (C=O) groups is 2. The van der Waals surface area contributed by atoms with E-state index in [0.717, 1.165) is 18.2 Å². The summed E-state index contributed by atoms with van der Waals surface area (Å²) in [6.07, 6.45) is 2.91. The zero-order chi connectivity index (χ0) is 11.6. The van der Waals surface area contributed by atoms with Crippen molar-refractivity contribution < 1.29 is 28.2 Å². The molecule has 6 nitrogen and oxygen atoms in total. The van der Waals surface area contributed by atoms with E-state index in [0.29, 0.717) is 0 Å². The lowest BCUT2D eigenvalue weighted by Gasteiger charge is -2.10. The fourth-order valence-corrected chi connectivity index (χ4v) is 1.64. The summed E-state index contributed by atoms with van der Waals surface area (Å²) in [6, 6.07) is 0. The second kappa shape index (κ2) is 4.09. The van der Waals surface area contributed by atoms with Crippen LogP contribution < -0.4 is 0 Å². The molecule has 2 N–H and O–H groups in total. The first kappa shape index (κ1) is 11.2. The first-order valence-electron chi connectivity index (χ1n) is 3.75. The molecule has 0 aromatic rings. The highest BCUT2D eigenvalue weighted by Gasteiger charge is 2.26. The van der Waals surface area contributed by atoms with Crippen molar-refractivity contribution in [3.8, 4) is 0 Å². The van der Waals surface area contributed by atoms with Gasteiger partial charge in [-0.25, -0.2) is 4.79 Å². The maximum atomic E-state index is 10.7. The summed E-state index contributed by atoms with van der Waals surface area (Å²) in [6.45, 7) is 0. The van der Waals surface area contributed by atoms with Gasteiger partial charge in [0.25, 0.3) is 0 Å². The summed E-state index contributed by atoms with van der Waals surface area (Å²) in [7, 11) is -2.67. The van der Waals surface area contributed by atoms with Crippen LogP contribution in [0.5, 0.6) is 0 Å².